The van der Waals surface area contributed by atoms with Crippen molar-refractivity contribution in [2.45, 2.75) is 24.9 Å². The van der Waals surface area contributed by atoms with Crippen LogP contribution in [0.25, 0.3) is 0 Å². The highest BCUT2D eigenvalue weighted by atomic mass is 19.4. The first kappa shape index (κ1) is 9.43. The van der Waals surface area contributed by atoms with Gasteiger partial charge in [-0.1, -0.05) is 0 Å². The van der Waals surface area contributed by atoms with Crippen LogP contribution in [-0.4, -0.2) is 4.98 Å². The molecule has 0 saturated heterocycles. The summed E-state index contributed by atoms with van der Waals surface area (Å²) >= 11 is 0. The van der Waals surface area contributed by atoms with Gasteiger partial charge in [0.05, 0.1) is 0 Å². The Morgan fingerprint density at radius 1 is 1.29 bits per heavy atom. The summed E-state index contributed by atoms with van der Waals surface area (Å²) in [4.78, 5) is 3.12. The van der Waals surface area contributed by atoms with E-state index in [1.165, 1.54) is 6.20 Å². The molecule has 14 heavy (non-hydrogen) atoms. The van der Waals surface area contributed by atoms with Crippen molar-refractivity contribution in [2.24, 2.45) is 0 Å². The molecule has 1 aromatic rings. The van der Waals surface area contributed by atoms with E-state index in [2.05, 4.69) is 4.98 Å². The lowest BCUT2D eigenvalue weighted by Crippen LogP contribution is -2.10. The molecule has 76 valence electrons. The lowest BCUT2D eigenvalue weighted by Gasteiger charge is -2.08. The summed E-state index contributed by atoms with van der Waals surface area (Å²) in [6.45, 7) is 0. The van der Waals surface area contributed by atoms with Gasteiger partial charge in [-0.2, -0.15) is 17.6 Å². The molecule has 0 N–H and O–H groups in total. The lowest BCUT2D eigenvalue weighted by molar-refractivity contribution is -0.140. The van der Waals surface area contributed by atoms with Crippen LogP contribution in [0.5, 0.6) is 0 Å². The van der Waals surface area contributed by atoms with E-state index in [9.17, 15) is 17.6 Å². The minimum absolute atomic E-state index is 0.143. The molecule has 0 bridgehead atoms. The summed E-state index contributed by atoms with van der Waals surface area (Å²) in [5.41, 5.74) is -0.777. The van der Waals surface area contributed by atoms with Crippen LogP contribution >= 0.6 is 0 Å². The molecule has 1 nitrogen and oxygen atoms in total. The standard InChI is InChI=1S/C9H7F4N/c10-8-7(9(11,12)13)3-6(4-14-8)5-1-2-5/h3-5H,1-2H2. The van der Waals surface area contributed by atoms with Crippen molar-refractivity contribution in [3.8, 4) is 0 Å². The largest absolute Gasteiger partial charge is 0.420 e. The topological polar surface area (TPSA) is 12.9 Å². The van der Waals surface area contributed by atoms with Gasteiger partial charge in [0.1, 0.15) is 5.56 Å². The molecule has 2 rings (SSSR count). The first-order valence-electron chi connectivity index (χ1n) is 4.21. The van der Waals surface area contributed by atoms with Gasteiger partial charge in [0.15, 0.2) is 0 Å². The van der Waals surface area contributed by atoms with E-state index in [1.54, 1.807) is 0 Å². The minimum atomic E-state index is -4.65. The van der Waals surface area contributed by atoms with Crippen molar-refractivity contribution < 1.29 is 17.6 Å². The van der Waals surface area contributed by atoms with E-state index in [1.807, 2.05) is 0 Å². The number of alkyl halides is 3. The van der Waals surface area contributed by atoms with Crippen molar-refractivity contribution in [2.75, 3.05) is 0 Å². The van der Waals surface area contributed by atoms with Crippen molar-refractivity contribution in [1.29, 1.82) is 0 Å². The number of hydrogen-bond acceptors (Lipinski definition) is 1. The van der Waals surface area contributed by atoms with Gasteiger partial charge in [-0.15, -0.1) is 0 Å². The Morgan fingerprint density at radius 2 is 1.93 bits per heavy atom. The van der Waals surface area contributed by atoms with Gasteiger partial charge in [0.2, 0.25) is 5.95 Å². The Bertz CT molecular complexity index is 354. The Balaban J connectivity index is 2.41. The van der Waals surface area contributed by atoms with E-state index in [4.69, 9.17) is 0 Å². The molecule has 0 aliphatic heterocycles. The molecule has 1 aliphatic rings. The van der Waals surface area contributed by atoms with Crippen LogP contribution in [0.15, 0.2) is 12.3 Å². The summed E-state index contributed by atoms with van der Waals surface area (Å²) in [6.07, 6.45) is -1.74. The van der Waals surface area contributed by atoms with Crippen LogP contribution in [0, 0.1) is 5.95 Å². The van der Waals surface area contributed by atoms with Gasteiger partial charge < -0.3 is 0 Å². The highest BCUT2D eigenvalue weighted by Crippen LogP contribution is 2.41. The first-order chi connectivity index (χ1) is 6.48. The Kier molecular flexibility index (Phi) is 1.97. The molecule has 1 saturated carbocycles. The predicted octanol–water partition coefficient (Wildman–Crippen LogP) is 3.12. The zero-order valence-electron chi connectivity index (χ0n) is 7.11. The van der Waals surface area contributed by atoms with E-state index in [0.29, 0.717) is 5.56 Å². The molecule has 1 aliphatic carbocycles. The van der Waals surface area contributed by atoms with Gasteiger partial charge in [-0.25, -0.2) is 4.98 Å². The van der Waals surface area contributed by atoms with Crippen LogP contribution in [0.2, 0.25) is 0 Å². The maximum Gasteiger partial charge on any atom is 0.420 e. The second-order valence-electron chi connectivity index (χ2n) is 3.38. The fraction of sp³-hybridized carbons (Fsp3) is 0.444. The monoisotopic (exact) mass is 205 g/mol. The first-order valence-corrected chi connectivity index (χ1v) is 4.21. The SMILES string of the molecule is Fc1ncc(C2CC2)cc1C(F)(F)F. The number of aromatic nitrogens is 1. The summed E-state index contributed by atoms with van der Waals surface area (Å²) in [7, 11) is 0. The van der Waals surface area contributed by atoms with Gasteiger partial charge in [-0.3, -0.25) is 0 Å². The number of pyridine rings is 1. The summed E-state index contributed by atoms with van der Waals surface area (Å²) in [6, 6.07) is 0.861. The quantitative estimate of drug-likeness (QED) is 0.507. The van der Waals surface area contributed by atoms with Crippen LogP contribution in [0.3, 0.4) is 0 Å². The third kappa shape index (κ3) is 1.71. The van der Waals surface area contributed by atoms with Crippen LogP contribution in [0.1, 0.15) is 29.9 Å². The van der Waals surface area contributed by atoms with Crippen molar-refractivity contribution in [3.63, 3.8) is 0 Å². The molecule has 5 heteroatoms. The Labute approximate surface area is 77.8 Å². The van der Waals surface area contributed by atoms with Crippen molar-refractivity contribution in [1.82, 2.24) is 4.98 Å². The predicted molar refractivity (Wildman–Crippen MR) is 41.2 cm³/mol. The number of rotatable bonds is 1. The molecule has 0 unspecified atom stereocenters. The van der Waals surface area contributed by atoms with E-state index in [-0.39, 0.29) is 5.92 Å². The summed E-state index contributed by atoms with van der Waals surface area (Å²) < 4.78 is 49.4. The van der Waals surface area contributed by atoms with Gasteiger partial charge in [-0.05, 0) is 30.4 Å². The molecular formula is C9H7F4N. The highest BCUT2D eigenvalue weighted by molar-refractivity contribution is 5.27. The van der Waals surface area contributed by atoms with Gasteiger partial charge in [0.25, 0.3) is 0 Å². The van der Waals surface area contributed by atoms with Crippen LogP contribution < -0.4 is 0 Å². The molecule has 0 amide bonds. The lowest BCUT2D eigenvalue weighted by atomic mass is 10.1. The third-order valence-corrected chi connectivity index (χ3v) is 2.21. The Hall–Kier alpha value is -1.13. The summed E-state index contributed by atoms with van der Waals surface area (Å²) in [5.74, 6) is -1.30. The average Bonchev–Trinajstić information content (AvgIpc) is 2.85. The fourth-order valence-corrected chi connectivity index (χ4v) is 1.30. The normalized spacial score (nSPS) is 17.1. The fourth-order valence-electron chi connectivity index (χ4n) is 1.30. The van der Waals surface area contributed by atoms with E-state index in [0.717, 1.165) is 18.9 Å². The van der Waals surface area contributed by atoms with Gasteiger partial charge in [0, 0.05) is 6.20 Å². The van der Waals surface area contributed by atoms with Gasteiger partial charge >= 0.3 is 6.18 Å². The number of nitrogens with zero attached hydrogens (tertiary/aromatic N) is 1. The molecule has 0 radical (unpaired) electrons. The van der Waals surface area contributed by atoms with Crippen molar-refractivity contribution in [3.05, 3.63) is 29.3 Å². The van der Waals surface area contributed by atoms with Crippen LogP contribution in [-0.2, 0) is 6.18 Å². The highest BCUT2D eigenvalue weighted by Gasteiger charge is 2.36. The average molecular weight is 205 g/mol. The smallest absolute Gasteiger partial charge is 0.228 e. The summed E-state index contributed by atoms with van der Waals surface area (Å²) in [5, 5.41) is 0. The zero-order valence-corrected chi connectivity index (χ0v) is 7.11. The maximum atomic E-state index is 12.7. The van der Waals surface area contributed by atoms with E-state index < -0.39 is 17.7 Å². The van der Waals surface area contributed by atoms with E-state index >= 15 is 0 Å². The minimum Gasteiger partial charge on any atom is -0.228 e. The second-order valence-corrected chi connectivity index (χ2v) is 3.38. The molecule has 0 aromatic carbocycles. The molecule has 1 fully saturated rings. The molecular weight excluding hydrogens is 198 g/mol. The number of hydrogen-bond donors (Lipinski definition) is 0. The zero-order chi connectivity index (χ0) is 10.3. The maximum absolute atomic E-state index is 12.7. The number of halogens is 4. The second kappa shape index (κ2) is 2.93. The molecule has 1 aromatic heterocycles. The third-order valence-electron chi connectivity index (χ3n) is 2.21. The molecule has 0 atom stereocenters. The molecule has 0 spiro atoms. The Morgan fingerprint density at radius 3 is 2.43 bits per heavy atom. The van der Waals surface area contributed by atoms with Crippen molar-refractivity contribution >= 4 is 0 Å². The van der Waals surface area contributed by atoms with Crippen LogP contribution in [0.4, 0.5) is 17.6 Å². The molecule has 1 heterocycles.